The highest BCUT2D eigenvalue weighted by molar-refractivity contribution is 5.67. The van der Waals surface area contributed by atoms with Crippen LogP contribution in [0.2, 0.25) is 0 Å². The van der Waals surface area contributed by atoms with Gasteiger partial charge in [-0.3, -0.25) is 0 Å². The third-order valence-electron chi connectivity index (χ3n) is 2.37. The molecule has 0 bridgehead atoms. The number of carbonyl (C=O) groups is 1. The lowest BCUT2D eigenvalue weighted by molar-refractivity contribution is 0.0534. The summed E-state index contributed by atoms with van der Waals surface area (Å²) in [5.74, 6) is 0.749. The number of ether oxygens (including phenoxy) is 2. The Hall–Kier alpha value is -2.01. The van der Waals surface area contributed by atoms with Gasteiger partial charge in [-0.15, -0.1) is 0 Å². The summed E-state index contributed by atoms with van der Waals surface area (Å²) in [4.78, 5) is 11.4. The molecule has 0 fully saturated rings. The van der Waals surface area contributed by atoms with Crippen LogP contribution in [0.1, 0.15) is 34.6 Å². The zero-order valence-electron chi connectivity index (χ0n) is 14.8. The largest absolute Gasteiger partial charge is 0.496 e. The first-order valence-corrected chi connectivity index (χ1v) is 7.63. The van der Waals surface area contributed by atoms with Crippen LogP contribution in [0, 0.1) is 0 Å². The quantitative estimate of drug-likeness (QED) is 0.530. The fourth-order valence-corrected chi connectivity index (χ4v) is 1.41. The average Bonchev–Trinajstić information content (AvgIpc) is 2.44. The maximum absolute atomic E-state index is 11.4. The Morgan fingerprint density at radius 2 is 1.83 bits per heavy atom. The molecule has 0 heterocycles. The number of alkyl carbamates (subject to hydrolysis) is 1. The minimum Gasteiger partial charge on any atom is -0.496 e. The van der Waals surface area contributed by atoms with Crippen molar-refractivity contribution in [2.24, 2.45) is 0 Å². The van der Waals surface area contributed by atoms with Crippen molar-refractivity contribution in [2.75, 3.05) is 19.8 Å². The van der Waals surface area contributed by atoms with Gasteiger partial charge in [-0.25, -0.2) is 4.79 Å². The van der Waals surface area contributed by atoms with Crippen molar-refractivity contribution >= 4 is 6.09 Å². The summed E-state index contributed by atoms with van der Waals surface area (Å²) >= 11 is 0. The average molecular weight is 323 g/mol. The highest BCUT2D eigenvalue weighted by Crippen LogP contribution is 2.06. The predicted molar refractivity (Wildman–Crippen MR) is 93.1 cm³/mol. The van der Waals surface area contributed by atoms with Crippen LogP contribution in [0.15, 0.2) is 47.8 Å². The standard InChI is InChI=1S/C18H29NO4/c1-15(9-6-7-11-16(2)22-14-13-20)10-8-12-19-17(21)23-18(3,4)5/h6-11,20H,12-14H2,1-5H3,(H,19,21)/b7-6-,10-8+,15-9+,16-11+. The molecule has 0 rings (SSSR count). The van der Waals surface area contributed by atoms with Crippen molar-refractivity contribution < 1.29 is 19.4 Å². The number of aliphatic hydroxyl groups is 1. The summed E-state index contributed by atoms with van der Waals surface area (Å²) in [6, 6.07) is 0. The molecule has 0 atom stereocenters. The van der Waals surface area contributed by atoms with Crippen LogP contribution in [-0.2, 0) is 9.47 Å². The summed E-state index contributed by atoms with van der Waals surface area (Å²) < 4.78 is 10.3. The number of aliphatic hydroxyl groups excluding tert-OH is 1. The summed E-state index contributed by atoms with van der Waals surface area (Å²) in [5.41, 5.74) is 0.565. The number of allylic oxidation sites excluding steroid dienone is 7. The normalized spacial score (nSPS) is 13.7. The van der Waals surface area contributed by atoms with Gasteiger partial charge in [0.05, 0.1) is 12.4 Å². The molecule has 2 N–H and O–H groups in total. The summed E-state index contributed by atoms with van der Waals surface area (Å²) in [6.45, 7) is 10.0. The van der Waals surface area contributed by atoms with E-state index in [-0.39, 0.29) is 6.61 Å². The number of carbonyl (C=O) groups excluding carboxylic acids is 1. The van der Waals surface area contributed by atoms with Gasteiger partial charge in [-0.2, -0.15) is 0 Å². The van der Waals surface area contributed by atoms with E-state index in [1.54, 1.807) is 0 Å². The Balaban J connectivity index is 4.12. The highest BCUT2D eigenvalue weighted by atomic mass is 16.6. The topological polar surface area (TPSA) is 67.8 Å². The van der Waals surface area contributed by atoms with Crippen LogP contribution in [0.5, 0.6) is 0 Å². The molecule has 0 aliphatic carbocycles. The van der Waals surface area contributed by atoms with Gasteiger partial charge >= 0.3 is 6.09 Å². The zero-order chi connectivity index (χ0) is 17.7. The third-order valence-corrected chi connectivity index (χ3v) is 2.37. The number of hydrogen-bond donors (Lipinski definition) is 2. The van der Waals surface area contributed by atoms with E-state index < -0.39 is 11.7 Å². The molecule has 0 aliphatic heterocycles. The highest BCUT2D eigenvalue weighted by Gasteiger charge is 2.14. The molecular weight excluding hydrogens is 294 g/mol. The zero-order valence-corrected chi connectivity index (χ0v) is 14.8. The van der Waals surface area contributed by atoms with Gasteiger partial charge in [-0.1, -0.05) is 36.0 Å². The molecule has 5 heteroatoms. The second-order valence-corrected chi connectivity index (χ2v) is 5.93. The van der Waals surface area contributed by atoms with Crippen LogP contribution in [-0.4, -0.2) is 36.6 Å². The minimum absolute atomic E-state index is 0.00995. The van der Waals surface area contributed by atoms with E-state index in [0.29, 0.717) is 13.2 Å². The molecule has 0 aromatic carbocycles. The van der Waals surface area contributed by atoms with E-state index in [1.807, 2.05) is 71.1 Å². The number of amides is 1. The van der Waals surface area contributed by atoms with Crippen molar-refractivity contribution in [1.82, 2.24) is 5.32 Å². The minimum atomic E-state index is -0.485. The van der Waals surface area contributed by atoms with Gasteiger partial charge in [-0.05, 0) is 40.7 Å². The third kappa shape index (κ3) is 14.7. The van der Waals surface area contributed by atoms with Crippen molar-refractivity contribution in [3.63, 3.8) is 0 Å². The lowest BCUT2D eigenvalue weighted by Gasteiger charge is -2.19. The summed E-state index contributed by atoms with van der Waals surface area (Å²) in [6.07, 6.45) is 10.9. The Morgan fingerprint density at radius 1 is 1.17 bits per heavy atom. The van der Waals surface area contributed by atoms with E-state index in [9.17, 15) is 4.79 Å². The van der Waals surface area contributed by atoms with Gasteiger partial charge in [0, 0.05) is 6.54 Å². The van der Waals surface area contributed by atoms with Crippen molar-refractivity contribution in [3.8, 4) is 0 Å². The fraction of sp³-hybridized carbons (Fsp3) is 0.500. The SMILES string of the molecule is CC(/C=C/CNC(=O)OC(C)(C)C)=C\C=C/C=C(\C)OCCO. The van der Waals surface area contributed by atoms with Gasteiger partial charge in [0.2, 0.25) is 0 Å². The first-order chi connectivity index (χ1) is 10.7. The summed E-state index contributed by atoms with van der Waals surface area (Å²) in [5, 5.41) is 11.3. The van der Waals surface area contributed by atoms with Crippen LogP contribution >= 0.6 is 0 Å². The van der Waals surface area contributed by atoms with Crippen molar-refractivity contribution in [3.05, 3.63) is 47.8 Å². The van der Waals surface area contributed by atoms with Gasteiger partial charge in [0.15, 0.2) is 0 Å². The number of nitrogens with one attached hydrogen (secondary N) is 1. The van der Waals surface area contributed by atoms with E-state index in [1.165, 1.54) is 0 Å². The van der Waals surface area contributed by atoms with Crippen molar-refractivity contribution in [2.45, 2.75) is 40.2 Å². The number of rotatable bonds is 8. The Kier molecular flexibility index (Phi) is 10.5. The molecule has 0 saturated carbocycles. The van der Waals surface area contributed by atoms with Gasteiger partial charge in [0.1, 0.15) is 12.2 Å². The lowest BCUT2D eigenvalue weighted by Crippen LogP contribution is -2.32. The smallest absolute Gasteiger partial charge is 0.407 e. The summed E-state index contributed by atoms with van der Waals surface area (Å²) in [7, 11) is 0. The molecule has 0 aromatic rings. The Morgan fingerprint density at radius 3 is 2.43 bits per heavy atom. The first-order valence-electron chi connectivity index (χ1n) is 7.63. The van der Waals surface area contributed by atoms with E-state index in [4.69, 9.17) is 14.6 Å². The molecule has 23 heavy (non-hydrogen) atoms. The molecule has 0 saturated heterocycles. The lowest BCUT2D eigenvalue weighted by atomic mass is 10.2. The molecule has 0 unspecified atom stereocenters. The predicted octanol–water partition coefficient (Wildman–Crippen LogP) is 3.48. The van der Waals surface area contributed by atoms with Crippen LogP contribution < -0.4 is 5.32 Å². The van der Waals surface area contributed by atoms with E-state index in [2.05, 4.69) is 5.32 Å². The van der Waals surface area contributed by atoms with Gasteiger partial charge < -0.3 is 19.9 Å². The maximum atomic E-state index is 11.4. The molecule has 5 nitrogen and oxygen atoms in total. The monoisotopic (exact) mass is 323 g/mol. The first kappa shape index (κ1) is 21.0. The fourth-order valence-electron chi connectivity index (χ4n) is 1.41. The molecule has 1 amide bonds. The van der Waals surface area contributed by atoms with Crippen LogP contribution in [0.4, 0.5) is 4.79 Å². The molecule has 0 spiro atoms. The number of hydrogen-bond acceptors (Lipinski definition) is 4. The van der Waals surface area contributed by atoms with Crippen molar-refractivity contribution in [1.29, 1.82) is 0 Å². The Bertz CT molecular complexity index is 468. The molecule has 0 radical (unpaired) electrons. The van der Waals surface area contributed by atoms with Crippen LogP contribution in [0.25, 0.3) is 0 Å². The molecular formula is C18H29NO4. The molecule has 0 aromatic heterocycles. The second kappa shape index (κ2) is 11.5. The molecule has 0 aliphatic rings. The molecule has 130 valence electrons. The van der Waals surface area contributed by atoms with E-state index in [0.717, 1.165) is 11.3 Å². The second-order valence-electron chi connectivity index (χ2n) is 5.93. The maximum Gasteiger partial charge on any atom is 0.407 e. The van der Waals surface area contributed by atoms with Gasteiger partial charge in [0.25, 0.3) is 0 Å². The van der Waals surface area contributed by atoms with E-state index >= 15 is 0 Å². The Labute approximate surface area is 139 Å². The van der Waals surface area contributed by atoms with Crippen LogP contribution in [0.3, 0.4) is 0 Å².